The summed E-state index contributed by atoms with van der Waals surface area (Å²) in [7, 11) is 6.68. The lowest BCUT2D eigenvalue weighted by Gasteiger charge is -2.34. The maximum atomic E-state index is 3.55. The van der Waals surface area contributed by atoms with Crippen LogP contribution in [-0.4, -0.2) is 62.7 Å². The Hall–Kier alpha value is -0.120. The van der Waals surface area contributed by atoms with Crippen molar-refractivity contribution in [2.24, 2.45) is 5.92 Å². The molecule has 1 aliphatic carbocycles. The van der Waals surface area contributed by atoms with E-state index in [2.05, 4.69) is 36.3 Å². The van der Waals surface area contributed by atoms with Gasteiger partial charge in [0.2, 0.25) is 0 Å². The quantitative estimate of drug-likeness (QED) is 0.770. The Bertz CT molecular complexity index is 215. The maximum Gasteiger partial charge on any atom is 0.0373 e. The van der Waals surface area contributed by atoms with Crippen LogP contribution in [0.1, 0.15) is 25.7 Å². The van der Waals surface area contributed by atoms with Gasteiger partial charge in [-0.15, -0.1) is 0 Å². The van der Waals surface area contributed by atoms with Crippen LogP contribution in [-0.2, 0) is 0 Å². The lowest BCUT2D eigenvalue weighted by Crippen LogP contribution is -2.51. The monoisotopic (exact) mass is 225 g/mol. The summed E-state index contributed by atoms with van der Waals surface area (Å²) < 4.78 is 0. The van der Waals surface area contributed by atoms with Gasteiger partial charge >= 0.3 is 0 Å². The first-order valence-corrected chi connectivity index (χ1v) is 6.76. The molecule has 0 spiro atoms. The van der Waals surface area contributed by atoms with Crippen molar-refractivity contribution >= 4 is 0 Å². The van der Waals surface area contributed by atoms with Crippen LogP contribution in [0.2, 0.25) is 0 Å². The van der Waals surface area contributed by atoms with Gasteiger partial charge in [0.25, 0.3) is 0 Å². The SMILES string of the molecule is CNC(CC1CC1)C1CN(C)CCCN1C. The summed E-state index contributed by atoms with van der Waals surface area (Å²) in [5, 5.41) is 3.55. The van der Waals surface area contributed by atoms with E-state index in [1.165, 1.54) is 45.3 Å². The molecule has 2 rings (SSSR count). The number of hydrogen-bond acceptors (Lipinski definition) is 3. The molecule has 0 bridgehead atoms. The highest BCUT2D eigenvalue weighted by atomic mass is 15.2. The molecule has 1 N–H and O–H groups in total. The summed E-state index contributed by atoms with van der Waals surface area (Å²) in [6, 6.07) is 1.37. The second-order valence-electron chi connectivity index (χ2n) is 5.74. The molecule has 0 radical (unpaired) electrons. The first-order valence-electron chi connectivity index (χ1n) is 6.76. The molecule has 0 amide bonds. The zero-order valence-electron chi connectivity index (χ0n) is 11.1. The molecule has 1 saturated carbocycles. The Kier molecular flexibility index (Phi) is 4.22. The molecule has 2 fully saturated rings. The number of nitrogens with one attached hydrogen (secondary N) is 1. The minimum absolute atomic E-state index is 0.679. The van der Waals surface area contributed by atoms with Gasteiger partial charge in [0, 0.05) is 18.6 Å². The fourth-order valence-electron chi connectivity index (χ4n) is 2.92. The molecular weight excluding hydrogens is 198 g/mol. The van der Waals surface area contributed by atoms with Crippen LogP contribution in [0.4, 0.5) is 0 Å². The molecular formula is C13H27N3. The fraction of sp³-hybridized carbons (Fsp3) is 1.00. The van der Waals surface area contributed by atoms with Crippen molar-refractivity contribution in [2.75, 3.05) is 40.8 Å². The van der Waals surface area contributed by atoms with E-state index >= 15 is 0 Å². The molecule has 16 heavy (non-hydrogen) atoms. The van der Waals surface area contributed by atoms with Crippen molar-refractivity contribution < 1.29 is 0 Å². The lowest BCUT2D eigenvalue weighted by molar-refractivity contribution is 0.173. The molecule has 0 aromatic heterocycles. The van der Waals surface area contributed by atoms with Gasteiger partial charge in [-0.2, -0.15) is 0 Å². The van der Waals surface area contributed by atoms with Crippen LogP contribution in [0.3, 0.4) is 0 Å². The largest absolute Gasteiger partial charge is 0.315 e. The number of likely N-dealkylation sites (N-methyl/N-ethyl adjacent to an activating group) is 3. The zero-order valence-corrected chi connectivity index (χ0v) is 11.1. The van der Waals surface area contributed by atoms with Gasteiger partial charge in [0.05, 0.1) is 0 Å². The molecule has 1 heterocycles. The Balaban J connectivity index is 1.95. The third kappa shape index (κ3) is 3.19. The van der Waals surface area contributed by atoms with Crippen molar-refractivity contribution in [3.8, 4) is 0 Å². The van der Waals surface area contributed by atoms with Gasteiger partial charge in [-0.1, -0.05) is 12.8 Å². The third-order valence-corrected chi connectivity index (χ3v) is 4.23. The molecule has 1 saturated heterocycles. The Morgan fingerprint density at radius 2 is 2.00 bits per heavy atom. The third-order valence-electron chi connectivity index (χ3n) is 4.23. The molecule has 2 aliphatic rings. The first kappa shape index (κ1) is 12.3. The van der Waals surface area contributed by atoms with E-state index in [0.717, 1.165) is 5.92 Å². The molecule has 3 heteroatoms. The summed E-state index contributed by atoms with van der Waals surface area (Å²) in [5.74, 6) is 1.01. The highest BCUT2D eigenvalue weighted by Crippen LogP contribution is 2.34. The van der Waals surface area contributed by atoms with E-state index < -0.39 is 0 Å². The molecule has 0 aromatic carbocycles. The maximum absolute atomic E-state index is 3.55. The number of nitrogens with zero attached hydrogens (tertiary/aromatic N) is 2. The lowest BCUT2D eigenvalue weighted by atomic mass is 10.0. The van der Waals surface area contributed by atoms with Crippen molar-refractivity contribution in [1.82, 2.24) is 15.1 Å². The van der Waals surface area contributed by atoms with E-state index in [4.69, 9.17) is 0 Å². The van der Waals surface area contributed by atoms with E-state index in [-0.39, 0.29) is 0 Å². The molecule has 2 atom stereocenters. The Morgan fingerprint density at radius 1 is 1.25 bits per heavy atom. The predicted molar refractivity (Wildman–Crippen MR) is 68.7 cm³/mol. The summed E-state index contributed by atoms with van der Waals surface area (Å²) >= 11 is 0. The summed E-state index contributed by atoms with van der Waals surface area (Å²) in [6.07, 6.45) is 5.61. The minimum atomic E-state index is 0.679. The molecule has 0 aromatic rings. The van der Waals surface area contributed by atoms with Crippen LogP contribution in [0.5, 0.6) is 0 Å². The summed E-state index contributed by atoms with van der Waals surface area (Å²) in [5.41, 5.74) is 0. The van der Waals surface area contributed by atoms with Gasteiger partial charge < -0.3 is 15.1 Å². The summed E-state index contributed by atoms with van der Waals surface area (Å²) in [4.78, 5) is 5.05. The minimum Gasteiger partial charge on any atom is -0.315 e. The van der Waals surface area contributed by atoms with Crippen molar-refractivity contribution in [3.63, 3.8) is 0 Å². The van der Waals surface area contributed by atoms with Crippen LogP contribution in [0, 0.1) is 5.92 Å². The van der Waals surface area contributed by atoms with Crippen LogP contribution in [0.25, 0.3) is 0 Å². The van der Waals surface area contributed by atoms with Gasteiger partial charge in [-0.3, -0.25) is 0 Å². The zero-order chi connectivity index (χ0) is 11.5. The van der Waals surface area contributed by atoms with Crippen molar-refractivity contribution in [1.29, 1.82) is 0 Å². The average Bonchev–Trinajstić information content (AvgIpc) is 3.06. The average molecular weight is 225 g/mol. The van der Waals surface area contributed by atoms with E-state index in [0.29, 0.717) is 12.1 Å². The van der Waals surface area contributed by atoms with Gasteiger partial charge in [-0.25, -0.2) is 0 Å². The van der Waals surface area contributed by atoms with Crippen molar-refractivity contribution in [3.05, 3.63) is 0 Å². The van der Waals surface area contributed by atoms with Crippen LogP contribution < -0.4 is 5.32 Å². The highest BCUT2D eigenvalue weighted by Gasteiger charge is 2.32. The second-order valence-corrected chi connectivity index (χ2v) is 5.74. The molecule has 94 valence electrons. The first-order chi connectivity index (χ1) is 7.70. The number of rotatable bonds is 4. The fourth-order valence-corrected chi connectivity index (χ4v) is 2.92. The Labute approximate surface area is 100 Å². The molecule has 2 unspecified atom stereocenters. The molecule has 1 aliphatic heterocycles. The highest BCUT2D eigenvalue weighted by molar-refractivity contribution is 4.90. The molecule has 3 nitrogen and oxygen atoms in total. The topological polar surface area (TPSA) is 18.5 Å². The summed E-state index contributed by atoms with van der Waals surface area (Å²) in [6.45, 7) is 3.72. The van der Waals surface area contributed by atoms with Gasteiger partial charge in [-0.05, 0) is 53.0 Å². The number of hydrogen-bond donors (Lipinski definition) is 1. The normalized spacial score (nSPS) is 31.3. The smallest absolute Gasteiger partial charge is 0.0373 e. The standard InChI is InChI=1S/C13H27N3/c1-14-12(9-11-5-6-11)13-10-15(2)7-4-8-16(13)3/h11-14H,4-10H2,1-3H3. The van der Waals surface area contributed by atoms with E-state index in [9.17, 15) is 0 Å². The van der Waals surface area contributed by atoms with E-state index in [1.54, 1.807) is 0 Å². The predicted octanol–water partition coefficient (Wildman–Crippen LogP) is 1.01. The van der Waals surface area contributed by atoms with Crippen LogP contribution >= 0.6 is 0 Å². The second kappa shape index (κ2) is 5.48. The Morgan fingerprint density at radius 3 is 2.62 bits per heavy atom. The van der Waals surface area contributed by atoms with Gasteiger partial charge in [0.15, 0.2) is 0 Å². The van der Waals surface area contributed by atoms with Gasteiger partial charge in [0.1, 0.15) is 0 Å². The van der Waals surface area contributed by atoms with Crippen LogP contribution in [0.15, 0.2) is 0 Å². The van der Waals surface area contributed by atoms with E-state index in [1.807, 2.05) is 0 Å². The van der Waals surface area contributed by atoms with Crippen molar-refractivity contribution in [2.45, 2.75) is 37.8 Å².